The first kappa shape index (κ1) is 20.4. The van der Waals surface area contributed by atoms with Gasteiger partial charge in [-0.1, -0.05) is 19.1 Å². The molecule has 2 aromatic carbocycles. The fourth-order valence-electron chi connectivity index (χ4n) is 2.59. The number of halogens is 2. The average molecular weight is 377 g/mol. The van der Waals surface area contributed by atoms with Crippen molar-refractivity contribution in [3.8, 4) is 5.75 Å². The van der Waals surface area contributed by atoms with Gasteiger partial charge in [0.2, 0.25) is 0 Å². The highest BCUT2D eigenvalue weighted by atomic mass is 19.2. The van der Waals surface area contributed by atoms with E-state index in [1.807, 2.05) is 0 Å². The number of methoxy groups -OCH3 is 2. The van der Waals surface area contributed by atoms with Gasteiger partial charge in [-0.05, 0) is 35.9 Å². The van der Waals surface area contributed by atoms with Crippen molar-refractivity contribution in [1.29, 1.82) is 0 Å². The predicted molar refractivity (Wildman–Crippen MR) is 95.3 cm³/mol. The van der Waals surface area contributed by atoms with Crippen molar-refractivity contribution in [3.05, 3.63) is 65.2 Å². The Bertz CT molecular complexity index is 808. The van der Waals surface area contributed by atoms with Crippen molar-refractivity contribution < 1.29 is 27.8 Å². The van der Waals surface area contributed by atoms with Crippen LogP contribution in [0, 0.1) is 17.6 Å². The number of amides is 1. The molecule has 27 heavy (non-hydrogen) atoms. The average Bonchev–Trinajstić information content (AvgIpc) is 2.68. The van der Waals surface area contributed by atoms with E-state index in [2.05, 4.69) is 0 Å². The molecule has 0 aliphatic rings. The summed E-state index contributed by atoms with van der Waals surface area (Å²) in [7, 11) is 2.82. The lowest BCUT2D eigenvalue weighted by molar-refractivity contribution is -0.145. The van der Waals surface area contributed by atoms with Crippen LogP contribution in [0.25, 0.3) is 0 Å². The van der Waals surface area contributed by atoms with Crippen LogP contribution in [-0.4, -0.2) is 37.5 Å². The molecule has 0 N–H and O–H groups in total. The topological polar surface area (TPSA) is 55.8 Å². The summed E-state index contributed by atoms with van der Waals surface area (Å²) in [5.74, 6) is -3.03. The molecule has 0 spiro atoms. The van der Waals surface area contributed by atoms with E-state index >= 15 is 0 Å². The van der Waals surface area contributed by atoms with Gasteiger partial charge in [-0.25, -0.2) is 8.78 Å². The normalized spacial score (nSPS) is 11.6. The van der Waals surface area contributed by atoms with Gasteiger partial charge < -0.3 is 14.4 Å². The summed E-state index contributed by atoms with van der Waals surface area (Å²) < 4.78 is 36.5. The molecule has 1 unspecified atom stereocenters. The van der Waals surface area contributed by atoms with E-state index in [0.29, 0.717) is 5.75 Å². The van der Waals surface area contributed by atoms with Gasteiger partial charge in [-0.2, -0.15) is 0 Å². The van der Waals surface area contributed by atoms with Crippen LogP contribution < -0.4 is 4.74 Å². The van der Waals surface area contributed by atoms with Crippen molar-refractivity contribution >= 4 is 11.9 Å². The highest BCUT2D eigenvalue weighted by Crippen LogP contribution is 2.17. The number of carbonyl (C=O) groups is 2. The largest absolute Gasteiger partial charge is 0.497 e. The van der Waals surface area contributed by atoms with Gasteiger partial charge in [0.25, 0.3) is 5.91 Å². The Hall–Kier alpha value is -2.96. The summed E-state index contributed by atoms with van der Waals surface area (Å²) in [6.45, 7) is 1.88. The van der Waals surface area contributed by atoms with E-state index < -0.39 is 29.4 Å². The fraction of sp³-hybridized carbons (Fsp3) is 0.300. The molecule has 1 amide bonds. The van der Waals surface area contributed by atoms with Crippen molar-refractivity contribution in [1.82, 2.24) is 4.90 Å². The van der Waals surface area contributed by atoms with Crippen LogP contribution in [0.2, 0.25) is 0 Å². The summed E-state index contributed by atoms with van der Waals surface area (Å²) >= 11 is 0. The van der Waals surface area contributed by atoms with Gasteiger partial charge in [0, 0.05) is 18.7 Å². The molecule has 1 atom stereocenters. The van der Waals surface area contributed by atoms with Gasteiger partial charge in [-0.15, -0.1) is 0 Å². The second kappa shape index (κ2) is 9.12. The summed E-state index contributed by atoms with van der Waals surface area (Å²) in [5.41, 5.74) is 0.795. The Morgan fingerprint density at radius 2 is 1.70 bits per heavy atom. The number of hydrogen-bond acceptors (Lipinski definition) is 4. The quantitative estimate of drug-likeness (QED) is 0.694. The molecule has 0 saturated heterocycles. The Morgan fingerprint density at radius 1 is 1.04 bits per heavy atom. The maximum atomic E-state index is 13.5. The Morgan fingerprint density at radius 3 is 2.26 bits per heavy atom. The molecule has 0 radical (unpaired) electrons. The number of nitrogens with zero attached hydrogens (tertiary/aromatic N) is 1. The number of esters is 1. The van der Waals surface area contributed by atoms with E-state index in [1.165, 1.54) is 18.1 Å². The SMILES string of the molecule is COC(=O)C(C)CN(Cc1ccc(OC)cc1)C(=O)c1ccc(F)c(F)c1. The zero-order valence-corrected chi connectivity index (χ0v) is 15.4. The zero-order valence-electron chi connectivity index (χ0n) is 15.4. The minimum atomic E-state index is -1.11. The lowest BCUT2D eigenvalue weighted by atomic mass is 10.1. The Balaban J connectivity index is 2.27. The number of carbonyl (C=O) groups excluding carboxylic acids is 2. The molecule has 0 bridgehead atoms. The Labute approximate surface area is 156 Å². The lowest BCUT2D eigenvalue weighted by Gasteiger charge is -2.25. The van der Waals surface area contributed by atoms with Crippen molar-refractivity contribution in [2.45, 2.75) is 13.5 Å². The lowest BCUT2D eigenvalue weighted by Crippen LogP contribution is -2.37. The van der Waals surface area contributed by atoms with E-state index in [4.69, 9.17) is 9.47 Å². The minimum absolute atomic E-state index is 0.000484. The van der Waals surface area contributed by atoms with Gasteiger partial charge >= 0.3 is 5.97 Å². The van der Waals surface area contributed by atoms with Crippen LogP contribution in [0.4, 0.5) is 8.78 Å². The molecule has 0 saturated carbocycles. The second-order valence-electron chi connectivity index (χ2n) is 6.09. The molecule has 0 heterocycles. The monoisotopic (exact) mass is 377 g/mol. The fourth-order valence-corrected chi connectivity index (χ4v) is 2.59. The molecule has 5 nitrogen and oxygen atoms in total. The van der Waals surface area contributed by atoms with Crippen LogP contribution in [0.3, 0.4) is 0 Å². The second-order valence-corrected chi connectivity index (χ2v) is 6.09. The molecule has 0 fully saturated rings. The van der Waals surface area contributed by atoms with E-state index in [-0.39, 0.29) is 18.7 Å². The minimum Gasteiger partial charge on any atom is -0.497 e. The van der Waals surface area contributed by atoms with Gasteiger partial charge in [0.1, 0.15) is 5.75 Å². The maximum Gasteiger partial charge on any atom is 0.310 e. The van der Waals surface area contributed by atoms with Crippen LogP contribution >= 0.6 is 0 Å². The summed E-state index contributed by atoms with van der Waals surface area (Å²) in [6, 6.07) is 10.0. The smallest absolute Gasteiger partial charge is 0.310 e. The molecular formula is C20H21F2NO4. The molecular weight excluding hydrogens is 356 g/mol. The van der Waals surface area contributed by atoms with Crippen molar-refractivity contribution in [3.63, 3.8) is 0 Å². The first-order valence-electron chi connectivity index (χ1n) is 8.30. The third kappa shape index (κ3) is 5.26. The Kier molecular flexibility index (Phi) is 6.87. The van der Waals surface area contributed by atoms with E-state index in [1.54, 1.807) is 38.3 Å². The molecule has 2 rings (SSSR count). The molecule has 144 valence electrons. The third-order valence-electron chi connectivity index (χ3n) is 4.08. The summed E-state index contributed by atoms with van der Waals surface area (Å²) in [5, 5.41) is 0. The van der Waals surface area contributed by atoms with Crippen LogP contribution in [0.5, 0.6) is 5.75 Å². The van der Waals surface area contributed by atoms with Crippen LogP contribution in [0.1, 0.15) is 22.8 Å². The van der Waals surface area contributed by atoms with Gasteiger partial charge in [-0.3, -0.25) is 9.59 Å². The van der Waals surface area contributed by atoms with Crippen molar-refractivity contribution in [2.24, 2.45) is 5.92 Å². The van der Waals surface area contributed by atoms with E-state index in [9.17, 15) is 18.4 Å². The summed E-state index contributed by atoms with van der Waals surface area (Å²) in [6.07, 6.45) is 0. The molecule has 0 aromatic heterocycles. The van der Waals surface area contributed by atoms with Crippen LogP contribution in [0.15, 0.2) is 42.5 Å². The van der Waals surface area contributed by atoms with Gasteiger partial charge in [0.05, 0.1) is 20.1 Å². The summed E-state index contributed by atoms with van der Waals surface area (Å²) in [4.78, 5) is 26.0. The number of ether oxygens (including phenoxy) is 2. The highest BCUT2D eigenvalue weighted by molar-refractivity contribution is 5.94. The van der Waals surface area contributed by atoms with Crippen molar-refractivity contribution in [2.75, 3.05) is 20.8 Å². The standard InChI is InChI=1S/C20H21F2NO4/c1-13(20(25)27-3)11-23(12-14-4-7-16(26-2)8-5-14)19(24)15-6-9-17(21)18(22)10-15/h4-10,13H,11-12H2,1-3H3. The van der Waals surface area contributed by atoms with Crippen LogP contribution in [-0.2, 0) is 16.1 Å². The predicted octanol–water partition coefficient (Wildman–Crippen LogP) is 3.42. The molecule has 7 heteroatoms. The highest BCUT2D eigenvalue weighted by Gasteiger charge is 2.23. The molecule has 0 aliphatic heterocycles. The first-order valence-corrected chi connectivity index (χ1v) is 8.30. The molecule has 2 aromatic rings. The zero-order chi connectivity index (χ0) is 20.0. The number of hydrogen-bond donors (Lipinski definition) is 0. The number of benzene rings is 2. The number of rotatable bonds is 7. The molecule has 0 aliphatic carbocycles. The van der Waals surface area contributed by atoms with E-state index in [0.717, 1.165) is 17.7 Å². The third-order valence-corrected chi connectivity index (χ3v) is 4.08. The first-order chi connectivity index (χ1) is 12.8. The maximum absolute atomic E-state index is 13.5. The van der Waals surface area contributed by atoms with Gasteiger partial charge in [0.15, 0.2) is 11.6 Å².